The van der Waals surface area contributed by atoms with E-state index in [9.17, 15) is 4.57 Å². The van der Waals surface area contributed by atoms with Crippen molar-refractivity contribution in [3.63, 3.8) is 0 Å². The predicted molar refractivity (Wildman–Crippen MR) is 79.5 cm³/mol. The molecule has 0 aliphatic rings. The molecule has 2 nitrogen and oxygen atoms in total. The Hall–Kier alpha value is 0.190. The average molecular weight is 261 g/mol. The van der Waals surface area contributed by atoms with Crippen LogP contribution in [0.1, 0.15) is 62.3 Å². The third-order valence-electron chi connectivity index (χ3n) is 3.82. The predicted octanol–water partition coefficient (Wildman–Crippen LogP) is 4.63. The number of nitrogens with zero attached hydrogens (tertiary/aromatic N) is 1. The van der Waals surface area contributed by atoms with Crippen molar-refractivity contribution >= 4 is 7.14 Å². The molecule has 0 aromatic carbocycles. The molecule has 0 amide bonds. The highest BCUT2D eigenvalue weighted by molar-refractivity contribution is 7.65. The van der Waals surface area contributed by atoms with Crippen molar-refractivity contribution in [1.29, 1.82) is 0 Å². The topological polar surface area (TPSA) is 20.3 Å². The quantitative estimate of drug-likeness (QED) is 0.650. The zero-order valence-corrected chi connectivity index (χ0v) is 14.1. The van der Waals surface area contributed by atoms with Crippen LogP contribution in [0.25, 0.3) is 0 Å². The summed E-state index contributed by atoms with van der Waals surface area (Å²) in [4.78, 5) is 2.40. The van der Waals surface area contributed by atoms with Crippen molar-refractivity contribution in [3.05, 3.63) is 0 Å². The first-order valence-corrected chi connectivity index (χ1v) is 8.84. The maximum Gasteiger partial charge on any atom is 0.108 e. The second-order valence-corrected chi connectivity index (χ2v) is 10.6. The monoisotopic (exact) mass is 261 g/mol. The fourth-order valence-corrected chi connectivity index (χ4v) is 7.00. The van der Waals surface area contributed by atoms with Crippen LogP contribution in [0, 0.1) is 0 Å². The molecule has 0 N–H and O–H groups in total. The Labute approximate surface area is 109 Å². The van der Waals surface area contributed by atoms with E-state index in [2.05, 4.69) is 67.2 Å². The van der Waals surface area contributed by atoms with Crippen LogP contribution in [-0.2, 0) is 4.57 Å². The van der Waals surface area contributed by atoms with E-state index in [4.69, 9.17) is 0 Å². The minimum atomic E-state index is -2.19. The maximum atomic E-state index is 13.3. The molecular weight excluding hydrogens is 229 g/mol. The van der Waals surface area contributed by atoms with Gasteiger partial charge < -0.3 is 4.57 Å². The molecule has 1 unspecified atom stereocenters. The Balaban J connectivity index is 5.35. The van der Waals surface area contributed by atoms with Crippen molar-refractivity contribution in [3.8, 4) is 0 Å². The van der Waals surface area contributed by atoms with Crippen molar-refractivity contribution in [2.45, 2.75) is 91.5 Å². The third-order valence-corrected chi connectivity index (χ3v) is 8.49. The van der Waals surface area contributed by atoms with Crippen molar-refractivity contribution < 1.29 is 4.57 Å². The van der Waals surface area contributed by atoms with Gasteiger partial charge in [0.2, 0.25) is 0 Å². The van der Waals surface area contributed by atoms with Crippen LogP contribution in [0.2, 0.25) is 0 Å². The Morgan fingerprint density at radius 1 is 0.706 bits per heavy atom. The summed E-state index contributed by atoms with van der Waals surface area (Å²) in [6.07, 6.45) is 0. The van der Waals surface area contributed by atoms with E-state index in [1.165, 1.54) is 0 Å². The first-order valence-electron chi connectivity index (χ1n) is 6.93. The molecule has 0 heterocycles. The second kappa shape index (κ2) is 6.38. The molecule has 0 fully saturated rings. The molecule has 1 atom stereocenters. The highest BCUT2D eigenvalue weighted by atomic mass is 31.2. The highest BCUT2D eigenvalue weighted by Crippen LogP contribution is 2.60. The molecule has 17 heavy (non-hydrogen) atoms. The van der Waals surface area contributed by atoms with Gasteiger partial charge >= 0.3 is 0 Å². The largest absolute Gasteiger partial charge is 0.321 e. The van der Waals surface area contributed by atoms with Crippen LogP contribution in [0.15, 0.2) is 0 Å². The Morgan fingerprint density at radius 3 is 1.18 bits per heavy atom. The van der Waals surface area contributed by atoms with Crippen LogP contribution in [-0.4, -0.2) is 34.1 Å². The van der Waals surface area contributed by atoms with Gasteiger partial charge in [0, 0.05) is 23.4 Å². The number of rotatable bonds is 6. The van der Waals surface area contributed by atoms with Crippen LogP contribution in [0.3, 0.4) is 0 Å². The summed E-state index contributed by atoms with van der Waals surface area (Å²) in [5, 5.41) is 0. The molecule has 0 saturated carbocycles. The third kappa shape index (κ3) is 3.58. The molecular formula is C14H32NOP. The lowest BCUT2D eigenvalue weighted by molar-refractivity contribution is 0.160. The number of hydrogen-bond acceptors (Lipinski definition) is 2. The summed E-state index contributed by atoms with van der Waals surface area (Å²) in [6, 6.07) is 0.881. The standard InChI is InChI=1S/C14H32NOP/c1-10(2)15(11(3)4)14(9)17(16,12(5)6)13(7)8/h10-14H,1-9H3. The normalized spacial score (nSPS) is 15.6. The summed E-state index contributed by atoms with van der Waals surface area (Å²) in [7, 11) is -2.19. The SMILES string of the molecule is CC(C)N(C(C)C)C(C)P(=O)(C(C)C)C(C)C. The second-order valence-electron chi connectivity index (χ2n) is 6.22. The molecule has 0 saturated heterocycles. The van der Waals surface area contributed by atoms with Gasteiger partial charge in [0.25, 0.3) is 0 Å². The summed E-state index contributed by atoms with van der Waals surface area (Å²) in [5.41, 5.74) is 0.523. The highest BCUT2D eigenvalue weighted by Gasteiger charge is 2.40. The van der Waals surface area contributed by atoms with Crippen molar-refractivity contribution in [2.24, 2.45) is 0 Å². The van der Waals surface area contributed by atoms with Crippen molar-refractivity contribution in [1.82, 2.24) is 4.90 Å². The summed E-state index contributed by atoms with van der Waals surface area (Å²) in [6.45, 7) is 19.4. The minimum absolute atomic E-state index is 0.169. The summed E-state index contributed by atoms with van der Waals surface area (Å²) < 4.78 is 13.3. The molecule has 0 aliphatic carbocycles. The van der Waals surface area contributed by atoms with E-state index in [0.717, 1.165) is 0 Å². The Kier molecular flexibility index (Phi) is 6.46. The molecule has 0 aliphatic heterocycles. The molecule has 0 bridgehead atoms. The van der Waals surface area contributed by atoms with Gasteiger partial charge in [-0.05, 0) is 34.6 Å². The molecule has 0 radical (unpaired) electrons. The first-order chi connectivity index (χ1) is 7.56. The van der Waals surface area contributed by atoms with Gasteiger partial charge in [0.05, 0.1) is 5.78 Å². The lowest BCUT2D eigenvalue weighted by Crippen LogP contribution is -2.45. The van der Waals surface area contributed by atoms with Crippen LogP contribution in [0.4, 0.5) is 0 Å². The van der Waals surface area contributed by atoms with Crippen molar-refractivity contribution in [2.75, 3.05) is 0 Å². The first kappa shape index (κ1) is 17.2. The number of hydrogen-bond donors (Lipinski definition) is 0. The smallest absolute Gasteiger partial charge is 0.108 e. The van der Waals surface area contributed by atoms with Gasteiger partial charge in [-0.1, -0.05) is 27.7 Å². The van der Waals surface area contributed by atoms with Crippen LogP contribution >= 0.6 is 7.14 Å². The van der Waals surface area contributed by atoms with Gasteiger partial charge in [-0.3, -0.25) is 4.90 Å². The average Bonchev–Trinajstić information content (AvgIpc) is 2.14. The molecule has 0 aromatic rings. The zero-order chi connectivity index (χ0) is 14.0. The fraction of sp³-hybridized carbons (Fsp3) is 1.00. The van der Waals surface area contributed by atoms with Crippen LogP contribution in [0.5, 0.6) is 0 Å². The summed E-state index contributed by atoms with van der Waals surface area (Å²) >= 11 is 0. The van der Waals surface area contributed by atoms with E-state index in [-0.39, 0.29) is 17.1 Å². The van der Waals surface area contributed by atoms with Crippen LogP contribution < -0.4 is 0 Å². The van der Waals surface area contributed by atoms with E-state index in [1.54, 1.807) is 0 Å². The lowest BCUT2D eigenvalue weighted by Gasteiger charge is -2.43. The Morgan fingerprint density at radius 2 is 1.00 bits per heavy atom. The van der Waals surface area contributed by atoms with Gasteiger partial charge in [0.1, 0.15) is 7.14 Å². The lowest BCUT2D eigenvalue weighted by atomic mass is 10.2. The van der Waals surface area contributed by atoms with E-state index < -0.39 is 7.14 Å². The Bertz CT molecular complexity index is 251. The fourth-order valence-electron chi connectivity index (χ4n) is 3.13. The molecule has 0 spiro atoms. The molecule has 0 aromatic heterocycles. The maximum absolute atomic E-state index is 13.3. The van der Waals surface area contributed by atoms with Gasteiger partial charge in [-0.15, -0.1) is 0 Å². The van der Waals surface area contributed by atoms with Gasteiger partial charge in [-0.2, -0.15) is 0 Å². The summed E-state index contributed by atoms with van der Waals surface area (Å²) in [5.74, 6) is 0.169. The minimum Gasteiger partial charge on any atom is -0.321 e. The molecule has 3 heteroatoms. The molecule has 0 rings (SSSR count). The van der Waals surface area contributed by atoms with E-state index in [1.807, 2.05) is 0 Å². The van der Waals surface area contributed by atoms with E-state index in [0.29, 0.717) is 12.1 Å². The van der Waals surface area contributed by atoms with E-state index >= 15 is 0 Å². The van der Waals surface area contributed by atoms with Gasteiger partial charge in [-0.25, -0.2) is 0 Å². The molecule has 104 valence electrons. The zero-order valence-electron chi connectivity index (χ0n) is 13.2. The van der Waals surface area contributed by atoms with Gasteiger partial charge in [0.15, 0.2) is 0 Å².